The SMILES string of the molecule is C=CCC(C=C)Oc1ccccc1OC. The molecular weight excluding hydrogens is 188 g/mol. The molecule has 80 valence electrons. The number of hydrogen-bond acceptors (Lipinski definition) is 2. The molecule has 0 aliphatic rings. The third kappa shape index (κ3) is 3.17. The van der Waals surface area contributed by atoms with Crippen LogP contribution in [-0.2, 0) is 0 Å². The van der Waals surface area contributed by atoms with Crippen LogP contribution >= 0.6 is 0 Å². The first-order chi connectivity index (χ1) is 7.31. The average molecular weight is 204 g/mol. The number of rotatable bonds is 6. The zero-order valence-corrected chi connectivity index (χ0v) is 8.98. The largest absolute Gasteiger partial charge is 0.493 e. The summed E-state index contributed by atoms with van der Waals surface area (Å²) < 4.78 is 10.9. The van der Waals surface area contributed by atoms with Crippen molar-refractivity contribution in [2.45, 2.75) is 12.5 Å². The molecule has 0 fully saturated rings. The van der Waals surface area contributed by atoms with E-state index in [1.54, 1.807) is 13.2 Å². The highest BCUT2D eigenvalue weighted by atomic mass is 16.5. The molecule has 1 rings (SSSR count). The molecular formula is C13H16O2. The standard InChI is InChI=1S/C13H16O2/c1-4-8-11(5-2)15-13-10-7-6-9-12(13)14-3/h4-7,9-11H,1-2,8H2,3H3. The molecule has 2 nitrogen and oxygen atoms in total. The molecule has 1 unspecified atom stereocenters. The summed E-state index contributed by atoms with van der Waals surface area (Å²) >= 11 is 0. The summed E-state index contributed by atoms with van der Waals surface area (Å²) in [6, 6.07) is 7.55. The van der Waals surface area contributed by atoms with Crippen LogP contribution in [0.4, 0.5) is 0 Å². The van der Waals surface area contributed by atoms with Crippen molar-refractivity contribution in [2.24, 2.45) is 0 Å². The smallest absolute Gasteiger partial charge is 0.162 e. The van der Waals surface area contributed by atoms with Crippen LogP contribution in [0.1, 0.15) is 6.42 Å². The minimum Gasteiger partial charge on any atom is -0.493 e. The maximum Gasteiger partial charge on any atom is 0.162 e. The Morgan fingerprint density at radius 2 is 1.93 bits per heavy atom. The molecule has 0 bridgehead atoms. The molecule has 0 spiro atoms. The van der Waals surface area contributed by atoms with Gasteiger partial charge < -0.3 is 9.47 Å². The van der Waals surface area contributed by atoms with Crippen LogP contribution in [0.2, 0.25) is 0 Å². The van der Waals surface area contributed by atoms with Gasteiger partial charge in [0.05, 0.1) is 7.11 Å². The van der Waals surface area contributed by atoms with E-state index in [4.69, 9.17) is 9.47 Å². The van der Waals surface area contributed by atoms with Crippen molar-refractivity contribution in [1.29, 1.82) is 0 Å². The molecule has 15 heavy (non-hydrogen) atoms. The highest BCUT2D eigenvalue weighted by Crippen LogP contribution is 2.27. The molecule has 0 aromatic heterocycles. The van der Waals surface area contributed by atoms with Gasteiger partial charge in [-0.15, -0.1) is 6.58 Å². The van der Waals surface area contributed by atoms with Crippen molar-refractivity contribution in [1.82, 2.24) is 0 Å². The fourth-order valence-electron chi connectivity index (χ4n) is 1.24. The Kier molecular flexibility index (Phi) is 4.48. The topological polar surface area (TPSA) is 18.5 Å². The van der Waals surface area contributed by atoms with Crippen LogP contribution in [0.3, 0.4) is 0 Å². The molecule has 0 saturated heterocycles. The van der Waals surface area contributed by atoms with E-state index in [1.165, 1.54) is 0 Å². The molecule has 1 aromatic rings. The predicted molar refractivity (Wildman–Crippen MR) is 62.4 cm³/mol. The van der Waals surface area contributed by atoms with Gasteiger partial charge in [0.15, 0.2) is 11.5 Å². The van der Waals surface area contributed by atoms with Crippen LogP contribution in [0, 0.1) is 0 Å². The molecule has 0 aliphatic carbocycles. The van der Waals surface area contributed by atoms with Crippen LogP contribution in [0.15, 0.2) is 49.6 Å². The van der Waals surface area contributed by atoms with E-state index in [1.807, 2.05) is 30.3 Å². The van der Waals surface area contributed by atoms with Crippen molar-refractivity contribution in [3.8, 4) is 11.5 Å². The van der Waals surface area contributed by atoms with Gasteiger partial charge in [0.2, 0.25) is 0 Å². The van der Waals surface area contributed by atoms with Crippen molar-refractivity contribution in [3.05, 3.63) is 49.6 Å². The highest BCUT2D eigenvalue weighted by molar-refractivity contribution is 5.39. The molecule has 0 radical (unpaired) electrons. The van der Waals surface area contributed by atoms with Crippen molar-refractivity contribution in [3.63, 3.8) is 0 Å². The maximum absolute atomic E-state index is 5.71. The molecule has 0 amide bonds. The quantitative estimate of drug-likeness (QED) is 0.662. The third-order valence-corrected chi connectivity index (χ3v) is 2.01. The molecule has 0 heterocycles. The van der Waals surface area contributed by atoms with E-state index in [-0.39, 0.29) is 6.10 Å². The Balaban J connectivity index is 2.77. The predicted octanol–water partition coefficient (Wildman–Crippen LogP) is 3.20. The lowest BCUT2D eigenvalue weighted by molar-refractivity contribution is 0.240. The zero-order valence-electron chi connectivity index (χ0n) is 8.98. The number of para-hydroxylation sites is 2. The fraction of sp³-hybridized carbons (Fsp3) is 0.231. The Morgan fingerprint density at radius 1 is 1.27 bits per heavy atom. The lowest BCUT2D eigenvalue weighted by Gasteiger charge is -2.15. The maximum atomic E-state index is 5.71. The molecule has 0 N–H and O–H groups in total. The molecule has 0 saturated carbocycles. The van der Waals surface area contributed by atoms with Crippen LogP contribution < -0.4 is 9.47 Å². The second-order valence-corrected chi connectivity index (χ2v) is 3.07. The minimum atomic E-state index is -0.0567. The summed E-state index contributed by atoms with van der Waals surface area (Å²) in [4.78, 5) is 0. The lowest BCUT2D eigenvalue weighted by Crippen LogP contribution is -2.12. The Morgan fingerprint density at radius 3 is 2.47 bits per heavy atom. The molecule has 1 atom stereocenters. The van der Waals surface area contributed by atoms with E-state index >= 15 is 0 Å². The van der Waals surface area contributed by atoms with Gasteiger partial charge >= 0.3 is 0 Å². The Bertz CT molecular complexity index is 331. The monoisotopic (exact) mass is 204 g/mol. The van der Waals surface area contributed by atoms with E-state index in [9.17, 15) is 0 Å². The van der Waals surface area contributed by atoms with Gasteiger partial charge in [-0.1, -0.05) is 30.9 Å². The number of methoxy groups -OCH3 is 1. The first-order valence-electron chi connectivity index (χ1n) is 4.85. The normalized spacial score (nSPS) is 11.5. The van der Waals surface area contributed by atoms with Gasteiger partial charge in [-0.3, -0.25) is 0 Å². The minimum absolute atomic E-state index is 0.0567. The number of hydrogen-bond donors (Lipinski definition) is 0. The summed E-state index contributed by atoms with van der Waals surface area (Å²) in [7, 11) is 1.62. The highest BCUT2D eigenvalue weighted by Gasteiger charge is 2.07. The van der Waals surface area contributed by atoms with Gasteiger partial charge in [-0.2, -0.15) is 0 Å². The van der Waals surface area contributed by atoms with Gasteiger partial charge in [-0.05, 0) is 12.1 Å². The number of ether oxygens (including phenoxy) is 2. The average Bonchev–Trinajstić information content (AvgIpc) is 2.29. The molecule has 0 aliphatic heterocycles. The molecule has 2 heteroatoms. The first-order valence-corrected chi connectivity index (χ1v) is 4.85. The van der Waals surface area contributed by atoms with Gasteiger partial charge in [0.25, 0.3) is 0 Å². The zero-order chi connectivity index (χ0) is 11.1. The van der Waals surface area contributed by atoms with E-state index in [0.29, 0.717) is 0 Å². The van der Waals surface area contributed by atoms with E-state index in [2.05, 4.69) is 13.2 Å². The van der Waals surface area contributed by atoms with Crippen molar-refractivity contribution < 1.29 is 9.47 Å². The summed E-state index contributed by atoms with van der Waals surface area (Å²) in [5, 5.41) is 0. The van der Waals surface area contributed by atoms with Gasteiger partial charge in [-0.25, -0.2) is 0 Å². The van der Waals surface area contributed by atoms with Crippen molar-refractivity contribution >= 4 is 0 Å². The van der Waals surface area contributed by atoms with E-state index in [0.717, 1.165) is 17.9 Å². The second-order valence-electron chi connectivity index (χ2n) is 3.07. The van der Waals surface area contributed by atoms with Gasteiger partial charge in [0, 0.05) is 6.42 Å². The number of benzene rings is 1. The fourth-order valence-corrected chi connectivity index (χ4v) is 1.24. The van der Waals surface area contributed by atoms with Crippen LogP contribution in [0.25, 0.3) is 0 Å². The Hall–Kier alpha value is -1.70. The van der Waals surface area contributed by atoms with Crippen LogP contribution in [0.5, 0.6) is 11.5 Å². The molecule has 1 aromatic carbocycles. The van der Waals surface area contributed by atoms with E-state index < -0.39 is 0 Å². The first kappa shape index (κ1) is 11.4. The summed E-state index contributed by atoms with van der Waals surface area (Å²) in [6.07, 6.45) is 4.25. The lowest BCUT2D eigenvalue weighted by atomic mass is 10.2. The summed E-state index contributed by atoms with van der Waals surface area (Å²) in [5.74, 6) is 1.46. The van der Waals surface area contributed by atoms with Crippen molar-refractivity contribution in [2.75, 3.05) is 7.11 Å². The Labute approximate surface area is 90.8 Å². The third-order valence-electron chi connectivity index (χ3n) is 2.01. The van der Waals surface area contributed by atoms with Gasteiger partial charge in [0.1, 0.15) is 6.10 Å². The second kappa shape index (κ2) is 5.91. The summed E-state index contributed by atoms with van der Waals surface area (Å²) in [5.41, 5.74) is 0. The summed E-state index contributed by atoms with van der Waals surface area (Å²) in [6.45, 7) is 7.39. The van der Waals surface area contributed by atoms with Crippen LogP contribution in [-0.4, -0.2) is 13.2 Å².